The SMILES string of the molecule is CCC1C=Cc2c(N3CCNCC3)c(Cl)cc3c(=O)c(C(=O)O)cn1c23. The molecule has 1 aromatic heterocycles. The molecule has 1 unspecified atom stereocenters. The van der Waals surface area contributed by atoms with Gasteiger partial charge in [0.15, 0.2) is 0 Å². The third-order valence-corrected chi connectivity index (χ3v) is 5.49. The van der Waals surface area contributed by atoms with Crippen molar-refractivity contribution in [1.82, 2.24) is 9.88 Å². The van der Waals surface area contributed by atoms with Crippen molar-refractivity contribution in [2.75, 3.05) is 31.1 Å². The van der Waals surface area contributed by atoms with Gasteiger partial charge in [-0.3, -0.25) is 4.79 Å². The number of pyridine rings is 1. The zero-order chi connectivity index (χ0) is 18.4. The second kappa shape index (κ2) is 6.45. The standard InChI is InChI=1S/C19H20ClN3O3/c1-2-11-3-4-12-16-13(18(24)14(19(25)26)10-23(11)16)9-15(20)17(12)22-7-5-21-6-8-22/h3-4,9-11,21H,2,5-8H2,1H3,(H,25,26). The Hall–Kier alpha value is -2.31. The van der Waals surface area contributed by atoms with E-state index in [1.54, 1.807) is 6.07 Å². The van der Waals surface area contributed by atoms with E-state index in [4.69, 9.17) is 11.6 Å². The van der Waals surface area contributed by atoms with Gasteiger partial charge in [0.25, 0.3) is 0 Å². The van der Waals surface area contributed by atoms with Gasteiger partial charge in [0.2, 0.25) is 5.43 Å². The highest BCUT2D eigenvalue weighted by molar-refractivity contribution is 6.35. The van der Waals surface area contributed by atoms with Crippen LogP contribution in [-0.2, 0) is 0 Å². The summed E-state index contributed by atoms with van der Waals surface area (Å²) in [5.74, 6) is -1.21. The first kappa shape index (κ1) is 17.1. The summed E-state index contributed by atoms with van der Waals surface area (Å²) in [6.45, 7) is 5.46. The van der Waals surface area contributed by atoms with Crippen molar-refractivity contribution >= 4 is 40.2 Å². The minimum absolute atomic E-state index is 0.0146. The first-order chi connectivity index (χ1) is 12.5. The zero-order valence-corrected chi connectivity index (χ0v) is 15.2. The molecule has 0 saturated carbocycles. The predicted molar refractivity (Wildman–Crippen MR) is 104 cm³/mol. The number of aromatic carboxylic acids is 1. The second-order valence-electron chi connectivity index (χ2n) is 6.67. The van der Waals surface area contributed by atoms with Crippen LogP contribution in [0.1, 0.15) is 35.3 Å². The third kappa shape index (κ3) is 2.52. The number of aromatic nitrogens is 1. The number of carbonyl (C=O) groups is 1. The first-order valence-electron chi connectivity index (χ1n) is 8.81. The van der Waals surface area contributed by atoms with E-state index in [2.05, 4.69) is 16.3 Å². The average molecular weight is 374 g/mol. The summed E-state index contributed by atoms with van der Waals surface area (Å²) in [6, 6.07) is 1.65. The molecule has 0 amide bonds. The summed E-state index contributed by atoms with van der Waals surface area (Å²) in [5.41, 5.74) is 1.88. The van der Waals surface area contributed by atoms with Crippen LogP contribution < -0.4 is 15.6 Å². The lowest BCUT2D eigenvalue weighted by Crippen LogP contribution is -2.44. The molecule has 1 atom stereocenters. The molecule has 4 rings (SSSR count). The fourth-order valence-corrected chi connectivity index (χ4v) is 4.25. The molecule has 3 heterocycles. The number of nitrogens with zero attached hydrogens (tertiary/aromatic N) is 2. The van der Waals surface area contributed by atoms with Crippen molar-refractivity contribution in [2.45, 2.75) is 19.4 Å². The van der Waals surface area contributed by atoms with E-state index in [1.165, 1.54) is 6.20 Å². The number of allylic oxidation sites excluding steroid dienone is 1. The number of nitrogens with one attached hydrogen (secondary N) is 1. The minimum atomic E-state index is -1.21. The predicted octanol–water partition coefficient (Wildman–Crippen LogP) is 2.74. The number of carboxylic acid groups (broad SMARTS) is 1. The number of anilines is 1. The summed E-state index contributed by atoms with van der Waals surface area (Å²) in [7, 11) is 0. The van der Waals surface area contributed by atoms with E-state index < -0.39 is 11.4 Å². The van der Waals surface area contributed by atoms with Crippen molar-refractivity contribution in [3.05, 3.63) is 44.7 Å². The molecule has 7 heteroatoms. The molecule has 0 radical (unpaired) electrons. The second-order valence-corrected chi connectivity index (χ2v) is 7.08. The Morgan fingerprint density at radius 2 is 2.12 bits per heavy atom. The lowest BCUT2D eigenvalue weighted by Gasteiger charge is -2.34. The first-order valence-corrected chi connectivity index (χ1v) is 9.19. The van der Waals surface area contributed by atoms with Crippen LogP contribution >= 0.6 is 11.6 Å². The van der Waals surface area contributed by atoms with Crippen LogP contribution in [-0.4, -0.2) is 41.8 Å². The van der Waals surface area contributed by atoms with Gasteiger partial charge in [-0.15, -0.1) is 0 Å². The minimum Gasteiger partial charge on any atom is -0.477 e. The number of rotatable bonds is 3. The molecule has 136 valence electrons. The molecule has 1 aromatic carbocycles. The molecule has 0 aliphatic carbocycles. The van der Waals surface area contributed by atoms with E-state index in [0.717, 1.165) is 49.4 Å². The number of hydrogen-bond acceptors (Lipinski definition) is 4. The van der Waals surface area contributed by atoms with Gasteiger partial charge in [0, 0.05) is 43.3 Å². The topological polar surface area (TPSA) is 74.6 Å². The number of hydrogen-bond donors (Lipinski definition) is 2. The van der Waals surface area contributed by atoms with Crippen LogP contribution in [0.4, 0.5) is 5.69 Å². The number of piperazine rings is 1. The molecule has 2 aromatic rings. The van der Waals surface area contributed by atoms with Gasteiger partial charge in [-0.25, -0.2) is 4.79 Å². The van der Waals surface area contributed by atoms with Crippen molar-refractivity contribution in [2.24, 2.45) is 0 Å². The largest absolute Gasteiger partial charge is 0.477 e. The van der Waals surface area contributed by atoms with E-state index in [9.17, 15) is 14.7 Å². The molecule has 2 aliphatic heterocycles. The Kier molecular flexibility index (Phi) is 4.25. The lowest BCUT2D eigenvalue weighted by molar-refractivity contribution is 0.0694. The van der Waals surface area contributed by atoms with E-state index >= 15 is 0 Å². The van der Waals surface area contributed by atoms with Crippen molar-refractivity contribution in [1.29, 1.82) is 0 Å². The fourth-order valence-electron chi connectivity index (χ4n) is 3.92. The number of carboxylic acids is 1. The maximum atomic E-state index is 12.7. The Morgan fingerprint density at radius 3 is 2.77 bits per heavy atom. The Labute approximate surface area is 155 Å². The monoisotopic (exact) mass is 373 g/mol. The summed E-state index contributed by atoms with van der Waals surface area (Å²) >= 11 is 6.58. The summed E-state index contributed by atoms with van der Waals surface area (Å²) < 4.78 is 1.91. The lowest BCUT2D eigenvalue weighted by atomic mass is 9.97. The van der Waals surface area contributed by atoms with Crippen molar-refractivity contribution in [3.63, 3.8) is 0 Å². The smallest absolute Gasteiger partial charge is 0.341 e. The van der Waals surface area contributed by atoms with Crippen LogP contribution in [0.2, 0.25) is 5.02 Å². The third-order valence-electron chi connectivity index (χ3n) is 5.20. The molecule has 0 spiro atoms. The van der Waals surface area contributed by atoms with Gasteiger partial charge in [-0.05, 0) is 12.5 Å². The Bertz CT molecular complexity index is 990. The summed E-state index contributed by atoms with van der Waals surface area (Å²) in [4.78, 5) is 26.5. The molecule has 2 N–H and O–H groups in total. The highest BCUT2D eigenvalue weighted by Crippen LogP contribution is 2.40. The van der Waals surface area contributed by atoms with E-state index in [1.807, 2.05) is 17.6 Å². The Balaban J connectivity index is 2.07. The molecule has 0 bridgehead atoms. The van der Waals surface area contributed by atoms with Crippen LogP contribution in [0.25, 0.3) is 17.0 Å². The highest BCUT2D eigenvalue weighted by atomic mass is 35.5. The van der Waals surface area contributed by atoms with Crippen LogP contribution in [0, 0.1) is 0 Å². The normalized spacial score (nSPS) is 19.2. The Morgan fingerprint density at radius 1 is 1.38 bits per heavy atom. The number of benzene rings is 1. The van der Waals surface area contributed by atoms with Crippen molar-refractivity contribution < 1.29 is 9.90 Å². The molecular weight excluding hydrogens is 354 g/mol. The van der Waals surface area contributed by atoms with Crippen molar-refractivity contribution in [3.8, 4) is 0 Å². The maximum Gasteiger partial charge on any atom is 0.341 e. The quantitative estimate of drug-likeness (QED) is 0.865. The van der Waals surface area contributed by atoms with Crippen LogP contribution in [0.15, 0.2) is 23.1 Å². The van der Waals surface area contributed by atoms with E-state index in [0.29, 0.717) is 10.4 Å². The van der Waals surface area contributed by atoms with Crippen LogP contribution in [0.5, 0.6) is 0 Å². The highest BCUT2D eigenvalue weighted by Gasteiger charge is 2.26. The molecule has 1 fully saturated rings. The average Bonchev–Trinajstić information content (AvgIpc) is 2.64. The van der Waals surface area contributed by atoms with E-state index in [-0.39, 0.29) is 11.6 Å². The fraction of sp³-hybridized carbons (Fsp3) is 0.368. The van der Waals surface area contributed by atoms with Gasteiger partial charge in [0.1, 0.15) is 5.56 Å². The van der Waals surface area contributed by atoms with Gasteiger partial charge >= 0.3 is 5.97 Å². The summed E-state index contributed by atoms with van der Waals surface area (Å²) in [6.07, 6.45) is 6.36. The zero-order valence-electron chi connectivity index (χ0n) is 14.5. The molecule has 6 nitrogen and oxygen atoms in total. The summed E-state index contributed by atoms with van der Waals surface area (Å²) in [5, 5.41) is 13.6. The maximum absolute atomic E-state index is 12.7. The van der Waals surface area contributed by atoms with Gasteiger partial charge in [-0.2, -0.15) is 0 Å². The molecule has 26 heavy (non-hydrogen) atoms. The molecular formula is C19H20ClN3O3. The number of halogens is 1. The molecule has 1 saturated heterocycles. The van der Waals surface area contributed by atoms with Gasteiger partial charge in [0.05, 0.1) is 22.3 Å². The molecule has 2 aliphatic rings. The van der Waals surface area contributed by atoms with Gasteiger partial charge in [-0.1, -0.05) is 30.7 Å². The van der Waals surface area contributed by atoms with Gasteiger partial charge < -0.3 is 19.9 Å². The van der Waals surface area contributed by atoms with Crippen LogP contribution in [0.3, 0.4) is 0 Å².